The maximum atomic E-state index is 11.8. The van der Waals surface area contributed by atoms with Crippen LogP contribution in [0.2, 0.25) is 0 Å². The Balaban J connectivity index is 0.00000169. The van der Waals surface area contributed by atoms with Crippen molar-refractivity contribution < 1.29 is 34.7 Å². The van der Waals surface area contributed by atoms with Crippen LogP contribution in [0, 0.1) is 0 Å². The van der Waals surface area contributed by atoms with Gasteiger partial charge >= 0.3 is 29.6 Å². The molecule has 2 atom stereocenters. The molecule has 0 aliphatic carbocycles. The minimum absolute atomic E-state index is 0. The van der Waals surface area contributed by atoms with Crippen molar-refractivity contribution in [3.8, 4) is 0 Å². The average molecular weight is 201 g/mol. The second kappa shape index (κ2) is 6.59. The molecule has 1 rings (SSSR count). The van der Waals surface area contributed by atoms with Gasteiger partial charge in [-0.05, 0) is 20.1 Å². The number of likely N-dealkylation sites (N-methyl/N-ethyl adjacent to an activating group) is 1. The Kier molecular flexibility index (Phi) is 6.66. The quantitative estimate of drug-likeness (QED) is 0.531. The monoisotopic (exact) mass is 201 g/mol. The summed E-state index contributed by atoms with van der Waals surface area (Å²) < 4.78 is 0. The smallest absolute Gasteiger partial charge is 0.847 e. The van der Waals surface area contributed by atoms with Gasteiger partial charge in [-0.25, -0.2) is 0 Å². The second-order valence-electron chi connectivity index (χ2n) is 3.54. The van der Waals surface area contributed by atoms with E-state index in [0.717, 1.165) is 5.56 Å². The van der Waals surface area contributed by atoms with Crippen LogP contribution in [0.1, 0.15) is 18.6 Å². The predicted octanol–water partition coefficient (Wildman–Crippen LogP) is -1.96. The summed E-state index contributed by atoms with van der Waals surface area (Å²) in [7, 11) is 3.86. The molecule has 1 aromatic carbocycles. The van der Waals surface area contributed by atoms with Crippen molar-refractivity contribution in [1.29, 1.82) is 0 Å². The molecule has 0 bridgehead atoms. The van der Waals surface area contributed by atoms with Gasteiger partial charge < -0.3 is 10.0 Å². The van der Waals surface area contributed by atoms with Gasteiger partial charge in [-0.2, -0.15) is 0 Å². The Morgan fingerprint density at radius 2 is 1.64 bits per heavy atom. The van der Waals surface area contributed by atoms with Crippen molar-refractivity contribution in [2.45, 2.75) is 19.1 Å². The standard InChI is InChI=1S/C11H16NO.Na/c1-9(12(2)3)11(13)10-7-5-4-6-8-10;/h4-9,11H,1-3H3;/q-1;+1/t9-,11-;/m1./s1. The van der Waals surface area contributed by atoms with Crippen LogP contribution in [0.25, 0.3) is 0 Å². The van der Waals surface area contributed by atoms with Crippen LogP contribution in [-0.2, 0) is 0 Å². The number of rotatable bonds is 3. The van der Waals surface area contributed by atoms with Gasteiger partial charge in [0.05, 0.1) is 0 Å². The molecule has 1 aromatic rings. The first-order valence-corrected chi connectivity index (χ1v) is 4.50. The van der Waals surface area contributed by atoms with E-state index in [0.29, 0.717) is 0 Å². The molecule has 14 heavy (non-hydrogen) atoms. The van der Waals surface area contributed by atoms with Crippen LogP contribution >= 0.6 is 0 Å². The number of hydrogen-bond acceptors (Lipinski definition) is 2. The molecular formula is C11H16NNaO. The van der Waals surface area contributed by atoms with Crippen LogP contribution in [0.5, 0.6) is 0 Å². The molecule has 2 nitrogen and oxygen atoms in total. The average Bonchev–Trinajstić information content (AvgIpc) is 2.17. The Morgan fingerprint density at radius 1 is 1.14 bits per heavy atom. The topological polar surface area (TPSA) is 26.3 Å². The fraction of sp³-hybridized carbons (Fsp3) is 0.455. The normalized spacial score (nSPS) is 14.6. The van der Waals surface area contributed by atoms with Gasteiger partial charge in [0.25, 0.3) is 0 Å². The molecule has 0 N–H and O–H groups in total. The summed E-state index contributed by atoms with van der Waals surface area (Å²) in [6, 6.07) is 9.54. The Labute approximate surface area is 108 Å². The Hall–Kier alpha value is 0.140. The van der Waals surface area contributed by atoms with Crippen LogP contribution in [0.4, 0.5) is 0 Å². The van der Waals surface area contributed by atoms with Crippen LogP contribution in [0.3, 0.4) is 0 Å². The summed E-state index contributed by atoms with van der Waals surface area (Å²) in [5, 5.41) is 11.8. The number of benzene rings is 1. The van der Waals surface area contributed by atoms with Gasteiger partial charge in [-0.15, -0.1) is 0 Å². The maximum Gasteiger partial charge on any atom is 1.00 e. The third-order valence-corrected chi connectivity index (χ3v) is 2.38. The Morgan fingerprint density at radius 3 is 2.07 bits per heavy atom. The second-order valence-corrected chi connectivity index (χ2v) is 3.54. The molecule has 0 aliphatic heterocycles. The third kappa shape index (κ3) is 3.71. The first-order valence-electron chi connectivity index (χ1n) is 4.50. The third-order valence-electron chi connectivity index (χ3n) is 2.38. The van der Waals surface area contributed by atoms with Crippen molar-refractivity contribution in [3.05, 3.63) is 35.9 Å². The number of nitrogens with zero attached hydrogens (tertiary/aromatic N) is 1. The zero-order valence-corrected chi connectivity index (χ0v) is 11.4. The molecular weight excluding hydrogens is 185 g/mol. The summed E-state index contributed by atoms with van der Waals surface area (Å²) in [5.74, 6) is 0. The number of hydrogen-bond donors (Lipinski definition) is 0. The van der Waals surface area contributed by atoms with Crippen molar-refractivity contribution >= 4 is 0 Å². The van der Waals surface area contributed by atoms with E-state index >= 15 is 0 Å². The van der Waals surface area contributed by atoms with E-state index in [4.69, 9.17) is 0 Å². The van der Waals surface area contributed by atoms with Gasteiger partial charge in [0.15, 0.2) is 0 Å². The molecule has 0 heterocycles. The van der Waals surface area contributed by atoms with E-state index in [-0.39, 0.29) is 35.6 Å². The van der Waals surface area contributed by atoms with Crippen LogP contribution < -0.4 is 34.7 Å². The van der Waals surface area contributed by atoms with Crippen molar-refractivity contribution in [3.63, 3.8) is 0 Å². The molecule has 0 fully saturated rings. The van der Waals surface area contributed by atoms with Gasteiger partial charge in [-0.1, -0.05) is 48.9 Å². The van der Waals surface area contributed by atoms with Gasteiger partial charge in [0.1, 0.15) is 0 Å². The summed E-state index contributed by atoms with van der Waals surface area (Å²) in [6.07, 6.45) is -0.656. The SMILES string of the molecule is C[C@H]([C@@H]([O-])c1ccccc1)N(C)C.[Na+]. The van der Waals surface area contributed by atoms with E-state index in [9.17, 15) is 5.11 Å². The molecule has 0 amide bonds. The minimum atomic E-state index is -0.656. The first kappa shape index (κ1) is 14.1. The van der Waals surface area contributed by atoms with E-state index in [2.05, 4.69) is 0 Å². The Bertz CT molecular complexity index is 251. The van der Waals surface area contributed by atoms with Crippen molar-refractivity contribution in [2.24, 2.45) is 0 Å². The van der Waals surface area contributed by atoms with Gasteiger partial charge in [0.2, 0.25) is 0 Å². The molecule has 0 radical (unpaired) electrons. The molecule has 3 heteroatoms. The van der Waals surface area contributed by atoms with E-state index in [1.54, 1.807) is 0 Å². The molecule has 0 aliphatic rings. The van der Waals surface area contributed by atoms with Crippen molar-refractivity contribution in [1.82, 2.24) is 4.90 Å². The largest absolute Gasteiger partial charge is 1.00 e. The van der Waals surface area contributed by atoms with Crippen LogP contribution in [0.15, 0.2) is 30.3 Å². The van der Waals surface area contributed by atoms with E-state index in [1.165, 1.54) is 0 Å². The molecule has 0 saturated heterocycles. The van der Waals surface area contributed by atoms with Crippen LogP contribution in [-0.4, -0.2) is 25.0 Å². The maximum absolute atomic E-state index is 11.8. The van der Waals surface area contributed by atoms with Gasteiger partial charge in [-0.3, -0.25) is 0 Å². The molecule has 0 saturated carbocycles. The minimum Gasteiger partial charge on any atom is -0.847 e. The summed E-state index contributed by atoms with van der Waals surface area (Å²) >= 11 is 0. The predicted molar refractivity (Wildman–Crippen MR) is 52.3 cm³/mol. The van der Waals surface area contributed by atoms with E-state index < -0.39 is 6.10 Å². The fourth-order valence-electron chi connectivity index (χ4n) is 1.19. The van der Waals surface area contributed by atoms with Gasteiger partial charge in [0, 0.05) is 0 Å². The zero-order valence-electron chi connectivity index (χ0n) is 9.40. The van der Waals surface area contributed by atoms with Crippen molar-refractivity contribution in [2.75, 3.05) is 14.1 Å². The zero-order chi connectivity index (χ0) is 9.84. The summed E-state index contributed by atoms with van der Waals surface area (Å²) in [6.45, 7) is 1.95. The van der Waals surface area contributed by atoms with E-state index in [1.807, 2.05) is 56.3 Å². The molecule has 0 aromatic heterocycles. The first-order chi connectivity index (χ1) is 6.13. The summed E-state index contributed by atoms with van der Waals surface area (Å²) in [5.41, 5.74) is 0.865. The summed E-state index contributed by atoms with van der Waals surface area (Å²) in [4.78, 5) is 1.95. The molecule has 0 spiro atoms. The molecule has 0 unspecified atom stereocenters. The fourth-order valence-corrected chi connectivity index (χ4v) is 1.19. The molecule has 72 valence electrons.